The van der Waals surface area contributed by atoms with Crippen LogP contribution in [0.3, 0.4) is 0 Å². The molecule has 1 fully saturated rings. The zero-order valence-corrected chi connectivity index (χ0v) is 22.8. The van der Waals surface area contributed by atoms with E-state index in [-0.39, 0.29) is 18.5 Å². The summed E-state index contributed by atoms with van der Waals surface area (Å²) in [6, 6.07) is 14.0. The van der Waals surface area contributed by atoms with Crippen molar-refractivity contribution in [2.45, 2.75) is 38.1 Å². The van der Waals surface area contributed by atoms with Crippen LogP contribution in [0.1, 0.15) is 29.7 Å². The van der Waals surface area contributed by atoms with Gasteiger partial charge in [0.25, 0.3) is 0 Å². The molecule has 0 spiro atoms. The molecule has 7 nitrogen and oxygen atoms in total. The number of alkyl halides is 3. The number of carboxylic acid groups (broad SMARTS) is 1. The summed E-state index contributed by atoms with van der Waals surface area (Å²) in [5, 5.41) is 14.3. The van der Waals surface area contributed by atoms with Gasteiger partial charge in [0.05, 0.1) is 26.2 Å². The van der Waals surface area contributed by atoms with Gasteiger partial charge in [-0.25, -0.2) is 19.2 Å². The number of anilines is 2. The number of carboxylic acids is 1. The molecule has 1 unspecified atom stereocenters. The van der Waals surface area contributed by atoms with E-state index in [0.717, 1.165) is 39.3 Å². The maximum absolute atomic E-state index is 13.4. The largest absolute Gasteiger partial charge is 0.490 e. The average molecular weight is 607 g/mol. The second-order valence-electron chi connectivity index (χ2n) is 8.81. The lowest BCUT2D eigenvalue weighted by Gasteiger charge is -2.17. The van der Waals surface area contributed by atoms with Crippen molar-refractivity contribution in [3.05, 3.63) is 76.1 Å². The lowest BCUT2D eigenvalue weighted by molar-refractivity contribution is -0.192. The van der Waals surface area contributed by atoms with Crippen LogP contribution in [0.4, 0.5) is 29.1 Å². The zero-order chi connectivity index (χ0) is 29.4. The van der Waals surface area contributed by atoms with Crippen molar-refractivity contribution in [1.29, 1.82) is 0 Å². The first-order chi connectivity index (χ1) is 19.6. The molecule has 1 saturated heterocycles. The fraction of sp³-hybridized carbons (Fsp3) is 0.250. The number of hydrogen-bond donors (Lipinski definition) is 3. The van der Waals surface area contributed by atoms with Crippen molar-refractivity contribution in [2.24, 2.45) is 0 Å². The van der Waals surface area contributed by atoms with Crippen LogP contribution in [-0.4, -0.2) is 39.8 Å². The van der Waals surface area contributed by atoms with Gasteiger partial charge in [-0.3, -0.25) is 0 Å². The number of ether oxygens (including phenoxy) is 1. The molecule has 0 bridgehead atoms. The Labute approximate surface area is 241 Å². The van der Waals surface area contributed by atoms with Crippen LogP contribution in [0.5, 0.6) is 5.75 Å². The molecule has 214 valence electrons. The van der Waals surface area contributed by atoms with Gasteiger partial charge in [-0.05, 0) is 67.8 Å². The van der Waals surface area contributed by atoms with Crippen LogP contribution in [-0.2, 0) is 11.4 Å². The summed E-state index contributed by atoms with van der Waals surface area (Å²) < 4.78 is 51.8. The Bertz CT molecular complexity index is 1580. The highest BCUT2D eigenvalue weighted by atomic mass is 35.5. The molecule has 13 heteroatoms. The zero-order valence-electron chi connectivity index (χ0n) is 21.3. The first kappa shape index (κ1) is 30.0. The maximum atomic E-state index is 13.4. The molecule has 1 aliphatic rings. The highest BCUT2D eigenvalue weighted by molar-refractivity contribution is 7.20. The van der Waals surface area contributed by atoms with Gasteiger partial charge < -0.3 is 20.5 Å². The van der Waals surface area contributed by atoms with Gasteiger partial charge in [-0.15, -0.1) is 11.3 Å². The minimum Gasteiger partial charge on any atom is -0.487 e. The van der Waals surface area contributed by atoms with Crippen LogP contribution in [0.2, 0.25) is 5.02 Å². The van der Waals surface area contributed by atoms with E-state index in [0.29, 0.717) is 16.6 Å². The Morgan fingerprint density at radius 2 is 2.00 bits per heavy atom. The Morgan fingerprint density at radius 1 is 1.20 bits per heavy atom. The minimum atomic E-state index is -5.08. The molecule has 3 heterocycles. The van der Waals surface area contributed by atoms with Crippen molar-refractivity contribution in [2.75, 3.05) is 11.9 Å². The molecule has 1 aliphatic heterocycles. The van der Waals surface area contributed by atoms with Crippen molar-refractivity contribution < 1.29 is 32.2 Å². The molecule has 0 aliphatic carbocycles. The normalized spacial score (nSPS) is 14.8. The van der Waals surface area contributed by atoms with Gasteiger partial charge in [0.2, 0.25) is 0 Å². The van der Waals surface area contributed by atoms with Crippen LogP contribution in [0, 0.1) is 17.7 Å². The lowest BCUT2D eigenvalue weighted by Crippen LogP contribution is -2.32. The number of halogens is 5. The molecular formula is C28H23ClF4N4O3S. The summed E-state index contributed by atoms with van der Waals surface area (Å²) in [5.41, 5.74) is 2.36. The monoisotopic (exact) mass is 606 g/mol. The number of aliphatic carboxylic acids is 1. The van der Waals surface area contributed by atoms with Gasteiger partial charge in [0.15, 0.2) is 5.82 Å². The van der Waals surface area contributed by atoms with Gasteiger partial charge >= 0.3 is 12.1 Å². The quantitative estimate of drug-likeness (QED) is 0.167. The number of nitrogens with zero attached hydrogens (tertiary/aromatic N) is 2. The predicted molar refractivity (Wildman–Crippen MR) is 149 cm³/mol. The second-order valence-corrected chi connectivity index (χ2v) is 10.3. The number of rotatable bonds is 5. The molecule has 2 aromatic heterocycles. The van der Waals surface area contributed by atoms with E-state index >= 15 is 0 Å². The fourth-order valence-electron chi connectivity index (χ4n) is 3.76. The van der Waals surface area contributed by atoms with Gasteiger partial charge in [-0.2, -0.15) is 13.2 Å². The summed E-state index contributed by atoms with van der Waals surface area (Å²) in [6.45, 7) is 1.26. The molecule has 0 amide bonds. The molecule has 3 N–H and O–H groups in total. The van der Waals surface area contributed by atoms with Crippen molar-refractivity contribution in [1.82, 2.24) is 15.3 Å². The predicted octanol–water partition coefficient (Wildman–Crippen LogP) is 6.93. The number of thiophene rings is 1. The fourth-order valence-corrected chi connectivity index (χ4v) is 4.91. The first-order valence-corrected chi connectivity index (χ1v) is 13.5. The van der Waals surface area contributed by atoms with E-state index < -0.39 is 12.1 Å². The molecule has 2 aromatic carbocycles. The highest BCUT2D eigenvalue weighted by Crippen LogP contribution is 2.33. The number of piperidine rings is 1. The smallest absolute Gasteiger partial charge is 0.487 e. The Kier molecular flexibility index (Phi) is 9.99. The van der Waals surface area contributed by atoms with E-state index in [2.05, 4.69) is 32.4 Å². The number of hydrogen-bond acceptors (Lipinski definition) is 7. The number of aromatic nitrogens is 2. The van der Waals surface area contributed by atoms with E-state index in [9.17, 15) is 17.6 Å². The standard InChI is InChI=1S/C26H22ClFN4OS.C2HF3O2/c27-22-13-20(8-10-24(22)33-15-17-4-3-5-18(28)12-17)32-26-25-23(30-16-31-26)14-21(34-25)9-7-19-6-1-2-11-29-19;3-2(4,5)1(6)7/h3-5,8,10,12-14,16,19,29H,1-2,6,11,15H2,(H,30,31,32);(H,6,7). The molecule has 0 saturated carbocycles. The van der Waals surface area contributed by atoms with Gasteiger partial charge in [0, 0.05) is 5.69 Å². The van der Waals surface area contributed by atoms with Crippen molar-refractivity contribution >= 4 is 50.6 Å². The van der Waals surface area contributed by atoms with E-state index in [4.69, 9.17) is 26.2 Å². The third-order valence-corrected chi connectivity index (χ3v) is 7.05. The number of benzene rings is 2. The summed E-state index contributed by atoms with van der Waals surface area (Å²) in [5.74, 6) is 4.80. The van der Waals surface area contributed by atoms with Crippen LogP contribution in [0.15, 0.2) is 54.9 Å². The minimum absolute atomic E-state index is 0.228. The van der Waals surface area contributed by atoms with Gasteiger partial charge in [-0.1, -0.05) is 35.6 Å². The summed E-state index contributed by atoms with van der Waals surface area (Å²) in [4.78, 5) is 18.7. The number of nitrogens with one attached hydrogen (secondary N) is 2. The molecular weight excluding hydrogens is 584 g/mol. The first-order valence-electron chi connectivity index (χ1n) is 12.3. The Balaban J connectivity index is 0.000000493. The van der Waals surface area contributed by atoms with Gasteiger partial charge in [0.1, 0.15) is 24.5 Å². The van der Waals surface area contributed by atoms with E-state index in [1.807, 2.05) is 12.1 Å². The van der Waals surface area contributed by atoms with Crippen LogP contribution >= 0.6 is 22.9 Å². The Morgan fingerprint density at radius 3 is 2.68 bits per heavy atom. The molecule has 41 heavy (non-hydrogen) atoms. The molecule has 5 rings (SSSR count). The van der Waals surface area contributed by atoms with E-state index in [1.54, 1.807) is 35.6 Å². The lowest BCUT2D eigenvalue weighted by atomic mass is 10.1. The Hall–Kier alpha value is -3.92. The summed E-state index contributed by atoms with van der Waals surface area (Å²) in [6.07, 6.45) is -0.0199. The summed E-state index contributed by atoms with van der Waals surface area (Å²) in [7, 11) is 0. The van der Waals surface area contributed by atoms with E-state index in [1.165, 1.54) is 31.3 Å². The SMILES string of the molecule is Fc1cccc(COc2ccc(Nc3ncnc4cc(C#CC5CCCCN5)sc34)cc2Cl)c1.O=C(O)C(F)(F)F. The van der Waals surface area contributed by atoms with Crippen LogP contribution in [0.25, 0.3) is 10.2 Å². The molecule has 1 atom stereocenters. The average Bonchev–Trinajstić information content (AvgIpc) is 3.36. The van der Waals surface area contributed by atoms with Crippen molar-refractivity contribution in [3.8, 4) is 17.6 Å². The number of carbonyl (C=O) groups is 1. The summed E-state index contributed by atoms with van der Waals surface area (Å²) >= 11 is 8.01. The molecule has 4 aromatic rings. The topological polar surface area (TPSA) is 96.4 Å². The highest BCUT2D eigenvalue weighted by Gasteiger charge is 2.38. The second kappa shape index (κ2) is 13.6. The maximum Gasteiger partial charge on any atom is 0.490 e. The van der Waals surface area contributed by atoms with Crippen molar-refractivity contribution in [3.63, 3.8) is 0 Å². The third kappa shape index (κ3) is 8.78. The molecule has 0 radical (unpaired) electrons. The third-order valence-electron chi connectivity index (χ3n) is 5.71. The van der Waals surface area contributed by atoms with Crippen LogP contribution < -0.4 is 15.4 Å². The number of fused-ring (bicyclic) bond motifs is 1.